The van der Waals surface area contributed by atoms with Crippen molar-refractivity contribution in [3.8, 4) is 0 Å². The van der Waals surface area contributed by atoms with Crippen LogP contribution in [0.5, 0.6) is 0 Å². The van der Waals surface area contributed by atoms with E-state index in [0.29, 0.717) is 0 Å². The second kappa shape index (κ2) is 5.51. The normalized spacial score (nSPS) is 15.7. The number of aromatic nitrogens is 1. The molecular formula is C17H13ClFN2S2+. The molecule has 0 unspecified atom stereocenters. The highest BCUT2D eigenvalue weighted by Crippen LogP contribution is 2.46. The summed E-state index contributed by atoms with van der Waals surface area (Å²) in [6, 6.07) is 10.8. The number of thiazole rings is 1. The van der Waals surface area contributed by atoms with Crippen LogP contribution in [0.4, 0.5) is 10.1 Å². The molecule has 1 aliphatic rings. The molecule has 1 aliphatic heterocycles. The largest absolute Gasteiger partial charge is 0.338 e. The van der Waals surface area contributed by atoms with E-state index in [2.05, 4.69) is 10.6 Å². The molecule has 0 radical (unpaired) electrons. The second-order valence-electron chi connectivity index (χ2n) is 5.37. The van der Waals surface area contributed by atoms with Crippen LogP contribution in [-0.4, -0.2) is 7.05 Å². The predicted octanol–water partition coefficient (Wildman–Crippen LogP) is 5.06. The van der Waals surface area contributed by atoms with Gasteiger partial charge in [0.15, 0.2) is 0 Å². The van der Waals surface area contributed by atoms with E-state index in [-0.39, 0.29) is 5.82 Å². The standard InChI is InChI=1S/C17H13ClFN2S2/c1-20-12-5-3-10(18)7-15(12)23-16(20)9-17-21(2)13-8-11(19)4-6-14(13)22-17/h3-9H,1-2H3/q+1. The lowest BCUT2D eigenvalue weighted by Crippen LogP contribution is -2.29. The van der Waals surface area contributed by atoms with Crippen molar-refractivity contribution in [3.05, 3.63) is 57.3 Å². The third kappa shape index (κ3) is 2.53. The monoisotopic (exact) mass is 363 g/mol. The van der Waals surface area contributed by atoms with Gasteiger partial charge in [-0.1, -0.05) is 34.7 Å². The Balaban J connectivity index is 1.78. The maximum atomic E-state index is 13.5. The number of hydrogen-bond acceptors (Lipinski definition) is 3. The summed E-state index contributed by atoms with van der Waals surface area (Å²) in [6.07, 6.45) is 2.14. The first-order chi connectivity index (χ1) is 11.0. The average Bonchev–Trinajstić information content (AvgIpc) is 2.98. The number of hydrogen-bond donors (Lipinski definition) is 0. The van der Waals surface area contributed by atoms with Crippen LogP contribution in [0, 0.1) is 5.82 Å². The van der Waals surface area contributed by atoms with Gasteiger partial charge in [-0.25, -0.2) is 4.39 Å². The van der Waals surface area contributed by atoms with E-state index >= 15 is 0 Å². The average molecular weight is 364 g/mol. The number of aryl methyl sites for hydroxylation is 1. The summed E-state index contributed by atoms with van der Waals surface area (Å²) in [5.74, 6) is -0.209. The fraction of sp³-hybridized carbons (Fsp3) is 0.118. The second-order valence-corrected chi connectivity index (χ2v) is 7.93. The van der Waals surface area contributed by atoms with Gasteiger partial charge in [0.1, 0.15) is 17.6 Å². The lowest BCUT2D eigenvalue weighted by atomic mass is 10.3. The Hall–Kier alpha value is -1.56. The zero-order valence-electron chi connectivity index (χ0n) is 12.5. The van der Waals surface area contributed by atoms with Gasteiger partial charge >= 0.3 is 0 Å². The number of thioether (sulfide) groups is 1. The van der Waals surface area contributed by atoms with Gasteiger partial charge in [-0.05, 0) is 30.3 Å². The van der Waals surface area contributed by atoms with Crippen LogP contribution in [-0.2, 0) is 7.05 Å². The van der Waals surface area contributed by atoms with Crippen LogP contribution in [0.3, 0.4) is 0 Å². The van der Waals surface area contributed by atoms with E-state index in [1.165, 1.54) is 6.07 Å². The van der Waals surface area contributed by atoms with Crippen LogP contribution in [0.15, 0.2) is 46.3 Å². The fourth-order valence-corrected chi connectivity index (χ4v) is 5.15. The molecule has 0 fully saturated rings. The summed E-state index contributed by atoms with van der Waals surface area (Å²) in [5.41, 5.74) is 2.06. The van der Waals surface area contributed by atoms with Crippen molar-refractivity contribution in [3.63, 3.8) is 0 Å². The Morgan fingerprint density at radius 3 is 2.87 bits per heavy atom. The van der Waals surface area contributed by atoms with E-state index in [1.807, 2.05) is 43.3 Å². The van der Waals surface area contributed by atoms with E-state index in [9.17, 15) is 4.39 Å². The molecule has 0 saturated heterocycles. The topological polar surface area (TPSA) is 7.12 Å². The molecule has 6 heteroatoms. The molecule has 0 amide bonds. The Bertz CT molecular complexity index is 965. The molecule has 2 aromatic carbocycles. The van der Waals surface area contributed by atoms with Gasteiger partial charge in [0.25, 0.3) is 5.01 Å². The minimum Gasteiger partial charge on any atom is -0.338 e. The van der Waals surface area contributed by atoms with Gasteiger partial charge in [0.2, 0.25) is 5.52 Å². The van der Waals surface area contributed by atoms with Crippen LogP contribution < -0.4 is 9.47 Å². The van der Waals surface area contributed by atoms with Crippen LogP contribution >= 0.6 is 34.7 Å². The quantitative estimate of drug-likeness (QED) is 0.558. The predicted molar refractivity (Wildman–Crippen MR) is 96.6 cm³/mol. The smallest absolute Gasteiger partial charge is 0.265 e. The van der Waals surface area contributed by atoms with Crippen molar-refractivity contribution in [2.75, 3.05) is 11.9 Å². The number of nitrogens with zero attached hydrogens (tertiary/aromatic N) is 2. The van der Waals surface area contributed by atoms with Crippen molar-refractivity contribution >= 4 is 56.7 Å². The Labute approximate surface area is 146 Å². The third-order valence-electron chi connectivity index (χ3n) is 3.90. The molecule has 0 aliphatic carbocycles. The van der Waals surface area contributed by atoms with Crippen molar-refractivity contribution in [1.82, 2.24) is 0 Å². The molecule has 0 atom stereocenters. The number of fused-ring (bicyclic) bond motifs is 2. The van der Waals surface area contributed by atoms with Gasteiger partial charge in [-0.15, -0.1) is 0 Å². The molecule has 2 heterocycles. The summed E-state index contributed by atoms with van der Waals surface area (Å²) in [5, 5.41) is 2.96. The molecule has 116 valence electrons. The molecule has 2 nitrogen and oxygen atoms in total. The molecule has 23 heavy (non-hydrogen) atoms. The van der Waals surface area contributed by atoms with E-state index in [0.717, 1.165) is 35.9 Å². The van der Waals surface area contributed by atoms with Gasteiger partial charge in [-0.3, -0.25) is 0 Å². The molecule has 4 rings (SSSR count). The highest BCUT2D eigenvalue weighted by Gasteiger charge is 2.25. The van der Waals surface area contributed by atoms with Crippen molar-refractivity contribution < 1.29 is 8.96 Å². The molecule has 0 N–H and O–H groups in total. The molecule has 0 bridgehead atoms. The minimum atomic E-state index is -0.209. The first-order valence-corrected chi connectivity index (χ1v) is 9.05. The van der Waals surface area contributed by atoms with Gasteiger partial charge in [-0.2, -0.15) is 4.57 Å². The summed E-state index contributed by atoms with van der Waals surface area (Å²) in [7, 11) is 4.01. The summed E-state index contributed by atoms with van der Waals surface area (Å²) < 4.78 is 16.8. The first-order valence-electron chi connectivity index (χ1n) is 7.04. The number of rotatable bonds is 1. The highest BCUT2D eigenvalue weighted by atomic mass is 35.5. The van der Waals surface area contributed by atoms with Crippen molar-refractivity contribution in [2.24, 2.45) is 7.05 Å². The minimum absolute atomic E-state index is 0.209. The lowest BCUT2D eigenvalue weighted by Gasteiger charge is -2.12. The van der Waals surface area contributed by atoms with Crippen LogP contribution in [0.1, 0.15) is 5.01 Å². The maximum absolute atomic E-state index is 13.5. The fourth-order valence-electron chi connectivity index (χ4n) is 2.64. The Kier molecular flexibility index (Phi) is 3.59. The summed E-state index contributed by atoms with van der Waals surface area (Å²) in [4.78, 5) is 3.10. The first kappa shape index (κ1) is 15.0. The van der Waals surface area contributed by atoms with Gasteiger partial charge in [0.05, 0.1) is 16.8 Å². The SMILES string of the molecule is CN1/C(=C/c2sc3cc(Cl)ccc3[n+]2C)Sc2ccc(F)cc21. The molecular weight excluding hydrogens is 351 g/mol. The maximum Gasteiger partial charge on any atom is 0.265 e. The number of benzene rings is 2. The van der Waals surface area contributed by atoms with Crippen LogP contribution in [0.2, 0.25) is 5.02 Å². The molecule has 0 saturated carbocycles. The Morgan fingerprint density at radius 2 is 2.04 bits per heavy atom. The highest BCUT2D eigenvalue weighted by molar-refractivity contribution is 8.03. The summed E-state index contributed by atoms with van der Waals surface area (Å²) in [6.45, 7) is 0. The van der Waals surface area contributed by atoms with Crippen molar-refractivity contribution in [2.45, 2.75) is 4.90 Å². The van der Waals surface area contributed by atoms with Gasteiger partial charge < -0.3 is 4.90 Å². The molecule has 0 spiro atoms. The van der Waals surface area contributed by atoms with E-state index < -0.39 is 0 Å². The van der Waals surface area contributed by atoms with Crippen molar-refractivity contribution in [1.29, 1.82) is 0 Å². The lowest BCUT2D eigenvalue weighted by molar-refractivity contribution is -0.642. The molecule has 3 aromatic rings. The van der Waals surface area contributed by atoms with E-state index in [4.69, 9.17) is 11.6 Å². The van der Waals surface area contributed by atoms with Gasteiger partial charge in [0, 0.05) is 23.0 Å². The third-order valence-corrected chi connectivity index (χ3v) is 6.45. The van der Waals surface area contributed by atoms with Crippen LogP contribution in [0.25, 0.3) is 16.3 Å². The zero-order valence-corrected chi connectivity index (χ0v) is 14.9. The van der Waals surface area contributed by atoms with E-state index in [1.54, 1.807) is 29.2 Å². The summed E-state index contributed by atoms with van der Waals surface area (Å²) >= 11 is 9.44. The zero-order chi connectivity index (χ0) is 16.1. The molecule has 1 aromatic heterocycles. The number of halogens is 2. The Morgan fingerprint density at radius 1 is 1.22 bits per heavy atom. The number of anilines is 1.